The third-order valence-electron chi connectivity index (χ3n) is 5.86. The molecule has 2 fully saturated rings. The minimum absolute atomic E-state index is 0.293. The second kappa shape index (κ2) is 8.77. The summed E-state index contributed by atoms with van der Waals surface area (Å²) in [5.74, 6) is 2.09. The number of hydrogen-bond donors (Lipinski definition) is 1. The molecule has 0 spiro atoms. The van der Waals surface area contributed by atoms with Crippen LogP contribution in [0.1, 0.15) is 32.6 Å². The summed E-state index contributed by atoms with van der Waals surface area (Å²) in [5, 5.41) is 8.87. The predicted molar refractivity (Wildman–Crippen MR) is 109 cm³/mol. The zero-order valence-electron chi connectivity index (χ0n) is 16.8. The van der Waals surface area contributed by atoms with Crippen LogP contribution < -0.4 is 4.90 Å². The first-order chi connectivity index (χ1) is 13.8. The van der Waals surface area contributed by atoms with Gasteiger partial charge in [0.05, 0.1) is 12.2 Å². The molecule has 2 aliphatic heterocycles. The highest BCUT2D eigenvalue weighted by Crippen LogP contribution is 2.22. The van der Waals surface area contributed by atoms with E-state index in [0.717, 1.165) is 76.1 Å². The van der Waals surface area contributed by atoms with Crippen LogP contribution in [0.4, 0.5) is 5.95 Å². The number of aromatic amines is 1. The summed E-state index contributed by atoms with van der Waals surface area (Å²) in [5.41, 5.74) is 0.988. The zero-order chi connectivity index (χ0) is 19.3. The number of hydrogen-bond acceptors (Lipinski definition) is 5. The van der Waals surface area contributed by atoms with Crippen LogP contribution in [0.15, 0.2) is 18.3 Å². The Balaban J connectivity index is 1.35. The number of nitrogens with zero attached hydrogens (tertiary/aromatic N) is 6. The van der Waals surface area contributed by atoms with E-state index < -0.39 is 0 Å². The molecule has 4 rings (SSSR count). The fourth-order valence-electron chi connectivity index (χ4n) is 4.21. The van der Waals surface area contributed by atoms with E-state index in [9.17, 15) is 4.79 Å². The molecule has 2 aliphatic rings. The first-order valence-electron chi connectivity index (χ1n) is 10.6. The number of rotatable bonds is 5. The van der Waals surface area contributed by atoms with Crippen molar-refractivity contribution in [2.75, 3.05) is 50.7 Å². The van der Waals surface area contributed by atoms with Gasteiger partial charge in [-0.1, -0.05) is 12.8 Å². The summed E-state index contributed by atoms with van der Waals surface area (Å²) in [6.07, 6.45) is 6.71. The van der Waals surface area contributed by atoms with Crippen LogP contribution in [0.3, 0.4) is 0 Å². The number of anilines is 1. The number of piperazine rings is 1. The van der Waals surface area contributed by atoms with Crippen molar-refractivity contribution in [3.8, 4) is 11.5 Å². The molecule has 0 unspecified atom stereocenters. The van der Waals surface area contributed by atoms with Gasteiger partial charge in [0.2, 0.25) is 11.9 Å². The minimum Gasteiger partial charge on any atom is -0.359 e. The van der Waals surface area contributed by atoms with Gasteiger partial charge in [-0.3, -0.25) is 14.3 Å². The Morgan fingerprint density at radius 2 is 1.79 bits per heavy atom. The van der Waals surface area contributed by atoms with Crippen molar-refractivity contribution in [2.24, 2.45) is 0 Å². The third-order valence-corrected chi connectivity index (χ3v) is 5.86. The second-order valence-corrected chi connectivity index (χ2v) is 7.71. The number of aromatic nitrogens is 4. The van der Waals surface area contributed by atoms with Crippen molar-refractivity contribution < 1.29 is 4.79 Å². The molecule has 0 radical (unpaired) electrons. The Morgan fingerprint density at radius 3 is 2.43 bits per heavy atom. The van der Waals surface area contributed by atoms with Crippen molar-refractivity contribution in [1.29, 1.82) is 0 Å². The predicted octanol–water partition coefficient (Wildman–Crippen LogP) is 1.82. The average molecular weight is 386 g/mol. The summed E-state index contributed by atoms with van der Waals surface area (Å²) in [6, 6.07) is 4.00. The molecule has 0 bridgehead atoms. The van der Waals surface area contributed by atoms with Gasteiger partial charge >= 0.3 is 0 Å². The lowest BCUT2D eigenvalue weighted by Gasteiger charge is -2.35. The molecule has 0 saturated carbocycles. The van der Waals surface area contributed by atoms with E-state index in [1.165, 1.54) is 12.8 Å². The van der Waals surface area contributed by atoms with Gasteiger partial charge < -0.3 is 14.8 Å². The Kier molecular flexibility index (Phi) is 5.95. The van der Waals surface area contributed by atoms with Crippen molar-refractivity contribution >= 4 is 11.9 Å². The molecule has 2 aromatic rings. The Morgan fingerprint density at radius 1 is 1.04 bits per heavy atom. The lowest BCUT2D eigenvalue weighted by molar-refractivity contribution is -0.132. The first kappa shape index (κ1) is 19.0. The maximum absolute atomic E-state index is 12.6. The topological polar surface area (TPSA) is 73.3 Å². The molecule has 2 saturated heterocycles. The summed E-state index contributed by atoms with van der Waals surface area (Å²) in [4.78, 5) is 22.5. The van der Waals surface area contributed by atoms with Crippen LogP contribution in [0, 0.1) is 0 Å². The van der Waals surface area contributed by atoms with Crippen LogP contribution in [-0.2, 0) is 11.3 Å². The van der Waals surface area contributed by atoms with E-state index in [1.807, 2.05) is 18.3 Å². The van der Waals surface area contributed by atoms with Crippen LogP contribution in [0.5, 0.6) is 0 Å². The standard InChI is InChI=1S/C20H31N7O/c1-2-27-19(17-8-7-9-21-17)22-23-20(27)26-14-12-24(13-15-26)16-18(28)25-10-5-3-4-6-11-25/h7-9,21H,2-6,10-16H2,1H3. The van der Waals surface area contributed by atoms with Gasteiger partial charge in [-0.05, 0) is 31.9 Å². The zero-order valence-corrected chi connectivity index (χ0v) is 16.8. The SMILES string of the molecule is CCn1c(-c2ccc[nH]2)nnc1N1CCN(CC(=O)N2CCCCCC2)CC1. The molecular formula is C20H31N7O. The summed E-state index contributed by atoms with van der Waals surface area (Å²) in [7, 11) is 0. The second-order valence-electron chi connectivity index (χ2n) is 7.71. The van der Waals surface area contributed by atoms with Gasteiger partial charge in [0.15, 0.2) is 5.82 Å². The van der Waals surface area contributed by atoms with Gasteiger partial charge in [0, 0.05) is 52.0 Å². The number of likely N-dealkylation sites (tertiary alicyclic amines) is 1. The molecule has 2 aromatic heterocycles. The molecule has 8 heteroatoms. The molecule has 0 aromatic carbocycles. The lowest BCUT2D eigenvalue weighted by Crippen LogP contribution is -2.50. The number of carbonyl (C=O) groups excluding carboxylic acids is 1. The smallest absolute Gasteiger partial charge is 0.236 e. The molecule has 4 heterocycles. The van der Waals surface area contributed by atoms with Gasteiger partial charge in [-0.15, -0.1) is 10.2 Å². The highest BCUT2D eigenvalue weighted by atomic mass is 16.2. The average Bonchev–Trinajstić information content (AvgIpc) is 3.31. The molecule has 1 N–H and O–H groups in total. The summed E-state index contributed by atoms with van der Waals surface area (Å²) < 4.78 is 2.16. The maximum Gasteiger partial charge on any atom is 0.236 e. The van der Waals surface area contributed by atoms with E-state index in [1.54, 1.807) is 0 Å². The number of H-pyrrole nitrogens is 1. The van der Waals surface area contributed by atoms with E-state index in [0.29, 0.717) is 12.5 Å². The Labute approximate surface area is 166 Å². The van der Waals surface area contributed by atoms with E-state index in [-0.39, 0.29) is 0 Å². The largest absolute Gasteiger partial charge is 0.359 e. The normalized spacial score (nSPS) is 19.0. The number of nitrogens with one attached hydrogen (secondary N) is 1. The van der Waals surface area contributed by atoms with Gasteiger partial charge in [-0.25, -0.2) is 0 Å². The van der Waals surface area contributed by atoms with E-state index >= 15 is 0 Å². The Hall–Kier alpha value is -2.35. The number of carbonyl (C=O) groups is 1. The molecule has 0 atom stereocenters. The van der Waals surface area contributed by atoms with Crippen molar-refractivity contribution in [3.63, 3.8) is 0 Å². The fraction of sp³-hybridized carbons (Fsp3) is 0.650. The highest BCUT2D eigenvalue weighted by Gasteiger charge is 2.25. The number of amides is 1. The van der Waals surface area contributed by atoms with Crippen molar-refractivity contribution in [1.82, 2.24) is 29.5 Å². The van der Waals surface area contributed by atoms with Crippen molar-refractivity contribution in [2.45, 2.75) is 39.2 Å². The van der Waals surface area contributed by atoms with Crippen LogP contribution in [0.2, 0.25) is 0 Å². The molecule has 0 aliphatic carbocycles. The third kappa shape index (κ3) is 4.06. The van der Waals surface area contributed by atoms with Crippen LogP contribution in [0.25, 0.3) is 11.5 Å². The maximum atomic E-state index is 12.6. The quantitative estimate of drug-likeness (QED) is 0.850. The summed E-state index contributed by atoms with van der Waals surface area (Å²) in [6.45, 7) is 8.86. The fourth-order valence-corrected chi connectivity index (χ4v) is 4.21. The van der Waals surface area contributed by atoms with Gasteiger partial charge in [-0.2, -0.15) is 0 Å². The van der Waals surface area contributed by atoms with Crippen LogP contribution >= 0.6 is 0 Å². The van der Waals surface area contributed by atoms with E-state index in [4.69, 9.17) is 0 Å². The van der Waals surface area contributed by atoms with Crippen LogP contribution in [-0.4, -0.2) is 81.3 Å². The monoisotopic (exact) mass is 385 g/mol. The highest BCUT2D eigenvalue weighted by molar-refractivity contribution is 5.78. The first-order valence-corrected chi connectivity index (χ1v) is 10.6. The molecule has 28 heavy (non-hydrogen) atoms. The van der Waals surface area contributed by atoms with E-state index in [2.05, 4.69) is 41.4 Å². The molecule has 152 valence electrons. The minimum atomic E-state index is 0.293. The lowest BCUT2D eigenvalue weighted by atomic mass is 10.2. The summed E-state index contributed by atoms with van der Waals surface area (Å²) >= 11 is 0. The van der Waals surface area contributed by atoms with Crippen molar-refractivity contribution in [3.05, 3.63) is 18.3 Å². The molecule has 8 nitrogen and oxygen atoms in total. The van der Waals surface area contributed by atoms with Gasteiger partial charge in [0.25, 0.3) is 0 Å². The Bertz CT molecular complexity index is 754. The molecule has 1 amide bonds. The molecular weight excluding hydrogens is 354 g/mol. The van der Waals surface area contributed by atoms with Gasteiger partial charge in [0.1, 0.15) is 0 Å².